The highest BCUT2D eigenvalue weighted by atomic mass is 127. The Labute approximate surface area is 180 Å². The summed E-state index contributed by atoms with van der Waals surface area (Å²) in [7, 11) is 5.15. The molecule has 154 valence electrons. The molecule has 0 unspecified atom stereocenters. The van der Waals surface area contributed by atoms with Gasteiger partial charge in [0.25, 0.3) is 0 Å². The maximum absolute atomic E-state index is 6.09. The zero-order chi connectivity index (χ0) is 19.0. The Hall–Kier alpha value is -1.22. The summed E-state index contributed by atoms with van der Waals surface area (Å²) in [6.45, 7) is 5.37. The predicted molar refractivity (Wildman–Crippen MR) is 121 cm³/mol. The van der Waals surface area contributed by atoms with Crippen LogP contribution >= 0.6 is 24.0 Å². The summed E-state index contributed by atoms with van der Waals surface area (Å²) in [4.78, 5) is 4.25. The van der Waals surface area contributed by atoms with Crippen LogP contribution in [-0.2, 0) is 11.3 Å². The van der Waals surface area contributed by atoms with Crippen LogP contribution < -0.4 is 20.1 Å². The van der Waals surface area contributed by atoms with Crippen LogP contribution in [0.1, 0.15) is 45.1 Å². The lowest BCUT2D eigenvalue weighted by Crippen LogP contribution is -2.45. The minimum atomic E-state index is -0.250. The number of halogens is 1. The molecule has 27 heavy (non-hydrogen) atoms. The van der Waals surface area contributed by atoms with Gasteiger partial charge in [-0.15, -0.1) is 24.0 Å². The zero-order valence-electron chi connectivity index (χ0n) is 17.1. The number of methoxy groups -OCH3 is 2. The first-order chi connectivity index (χ1) is 12.5. The molecule has 0 heterocycles. The summed E-state index contributed by atoms with van der Waals surface area (Å²) in [5.74, 6) is 2.34. The number of guanidine groups is 1. The van der Waals surface area contributed by atoms with Crippen molar-refractivity contribution in [2.24, 2.45) is 4.99 Å². The smallest absolute Gasteiger partial charge is 0.191 e. The van der Waals surface area contributed by atoms with Gasteiger partial charge in [0.1, 0.15) is 0 Å². The van der Waals surface area contributed by atoms with Crippen LogP contribution in [0.4, 0.5) is 0 Å². The zero-order valence-corrected chi connectivity index (χ0v) is 19.5. The van der Waals surface area contributed by atoms with Gasteiger partial charge >= 0.3 is 0 Å². The van der Waals surface area contributed by atoms with Crippen LogP contribution in [0, 0.1) is 0 Å². The average Bonchev–Trinajstić information content (AvgIpc) is 3.16. The van der Waals surface area contributed by atoms with Crippen molar-refractivity contribution < 1.29 is 14.2 Å². The molecule has 2 N–H and O–H groups in total. The molecular weight excluding hydrogens is 457 g/mol. The maximum Gasteiger partial charge on any atom is 0.191 e. The van der Waals surface area contributed by atoms with Gasteiger partial charge in [0.2, 0.25) is 0 Å². The monoisotopic (exact) mass is 491 g/mol. The van der Waals surface area contributed by atoms with E-state index in [-0.39, 0.29) is 29.6 Å². The van der Waals surface area contributed by atoms with Gasteiger partial charge in [0.15, 0.2) is 17.5 Å². The summed E-state index contributed by atoms with van der Waals surface area (Å²) in [6.07, 6.45) is 5.08. The summed E-state index contributed by atoms with van der Waals surface area (Å²) < 4.78 is 17.0. The van der Waals surface area contributed by atoms with Crippen molar-refractivity contribution in [2.75, 3.05) is 27.8 Å². The molecule has 0 spiro atoms. The second-order valence-electron chi connectivity index (χ2n) is 7.25. The van der Waals surface area contributed by atoms with Crippen LogP contribution in [0.2, 0.25) is 0 Å². The van der Waals surface area contributed by atoms with Gasteiger partial charge < -0.3 is 24.8 Å². The first-order valence-electron chi connectivity index (χ1n) is 9.30. The van der Waals surface area contributed by atoms with E-state index in [4.69, 9.17) is 14.2 Å². The molecule has 1 aromatic carbocycles. The van der Waals surface area contributed by atoms with Crippen LogP contribution in [0.25, 0.3) is 0 Å². The van der Waals surface area contributed by atoms with Gasteiger partial charge in [-0.25, -0.2) is 0 Å². The average molecular weight is 491 g/mol. The number of nitrogens with one attached hydrogen (secondary N) is 2. The quantitative estimate of drug-likeness (QED) is 0.330. The first-order valence-corrected chi connectivity index (χ1v) is 9.30. The van der Waals surface area contributed by atoms with E-state index in [1.54, 1.807) is 21.3 Å². The fourth-order valence-corrected chi connectivity index (χ4v) is 2.88. The Bertz CT molecular complexity index is 602. The fourth-order valence-electron chi connectivity index (χ4n) is 2.88. The molecule has 2 rings (SSSR count). The molecule has 1 aliphatic rings. The van der Waals surface area contributed by atoms with Crippen LogP contribution in [0.5, 0.6) is 11.5 Å². The molecule has 1 fully saturated rings. The Balaban J connectivity index is 0.00000364. The van der Waals surface area contributed by atoms with Crippen LogP contribution in [-0.4, -0.2) is 45.5 Å². The number of benzene rings is 1. The highest BCUT2D eigenvalue weighted by Gasteiger charge is 2.19. The summed E-state index contributed by atoms with van der Waals surface area (Å²) in [6, 6.07) is 6.08. The minimum absolute atomic E-state index is 0. The van der Waals surface area contributed by atoms with Gasteiger partial charge in [0, 0.05) is 27.2 Å². The second kappa shape index (κ2) is 11.6. The van der Waals surface area contributed by atoms with E-state index in [0.717, 1.165) is 35.9 Å². The number of ether oxygens (including phenoxy) is 3. The molecule has 1 aliphatic carbocycles. The van der Waals surface area contributed by atoms with E-state index in [1.165, 1.54) is 12.8 Å². The van der Waals surface area contributed by atoms with Crippen molar-refractivity contribution in [3.8, 4) is 11.5 Å². The van der Waals surface area contributed by atoms with Crippen molar-refractivity contribution in [2.45, 2.75) is 57.8 Å². The molecule has 0 bridgehead atoms. The third kappa shape index (κ3) is 7.73. The Morgan fingerprint density at radius 1 is 1.15 bits per heavy atom. The van der Waals surface area contributed by atoms with Gasteiger partial charge in [-0.1, -0.05) is 6.07 Å². The number of hydrogen-bond donors (Lipinski definition) is 2. The molecule has 0 saturated heterocycles. The summed E-state index contributed by atoms with van der Waals surface area (Å²) in [5, 5.41) is 6.59. The van der Waals surface area contributed by atoms with Gasteiger partial charge in [0.05, 0.1) is 18.8 Å². The fraction of sp³-hybridized carbons (Fsp3) is 0.650. The molecule has 6 nitrogen and oxygen atoms in total. The lowest BCUT2D eigenvalue weighted by molar-refractivity contribution is 0.0268. The maximum atomic E-state index is 6.09. The van der Waals surface area contributed by atoms with E-state index in [0.29, 0.717) is 19.2 Å². The van der Waals surface area contributed by atoms with Crippen molar-refractivity contribution >= 4 is 29.9 Å². The third-order valence-corrected chi connectivity index (χ3v) is 4.74. The highest BCUT2D eigenvalue weighted by Crippen LogP contribution is 2.32. The molecular formula is C20H34IN3O3. The third-order valence-electron chi connectivity index (χ3n) is 4.74. The van der Waals surface area contributed by atoms with Crippen molar-refractivity contribution in [3.05, 3.63) is 23.8 Å². The number of hydrogen-bond acceptors (Lipinski definition) is 4. The van der Waals surface area contributed by atoms with E-state index >= 15 is 0 Å². The molecule has 1 aromatic rings. The molecule has 0 aromatic heterocycles. The number of aliphatic imine (C=N–C) groups is 1. The lowest BCUT2D eigenvalue weighted by Gasteiger charge is -2.24. The minimum Gasteiger partial charge on any atom is -0.493 e. The number of nitrogens with zero attached hydrogens (tertiary/aromatic N) is 1. The largest absolute Gasteiger partial charge is 0.493 e. The van der Waals surface area contributed by atoms with E-state index in [2.05, 4.69) is 21.7 Å². The van der Waals surface area contributed by atoms with Crippen molar-refractivity contribution in [3.63, 3.8) is 0 Å². The second-order valence-corrected chi connectivity index (χ2v) is 7.25. The van der Waals surface area contributed by atoms with Crippen molar-refractivity contribution in [1.29, 1.82) is 0 Å². The van der Waals surface area contributed by atoms with Gasteiger partial charge in [-0.3, -0.25) is 4.99 Å². The van der Waals surface area contributed by atoms with E-state index < -0.39 is 0 Å². The predicted octanol–water partition coefficient (Wildman–Crippen LogP) is 3.72. The lowest BCUT2D eigenvalue weighted by atomic mass is 10.1. The van der Waals surface area contributed by atoms with E-state index in [1.807, 2.05) is 26.0 Å². The van der Waals surface area contributed by atoms with Crippen LogP contribution in [0.3, 0.4) is 0 Å². The molecule has 0 atom stereocenters. The summed E-state index contributed by atoms with van der Waals surface area (Å²) >= 11 is 0. The Morgan fingerprint density at radius 3 is 2.44 bits per heavy atom. The van der Waals surface area contributed by atoms with Crippen LogP contribution in [0.15, 0.2) is 23.2 Å². The molecule has 1 saturated carbocycles. The molecule has 0 amide bonds. The molecule has 7 heteroatoms. The highest BCUT2D eigenvalue weighted by molar-refractivity contribution is 14.0. The van der Waals surface area contributed by atoms with Gasteiger partial charge in [-0.2, -0.15) is 0 Å². The van der Waals surface area contributed by atoms with Crippen molar-refractivity contribution in [1.82, 2.24) is 10.6 Å². The SMILES string of the molecule is CN=C(NCc1ccc(OC2CCCC2)c(OC)c1)NCC(C)(C)OC.I. The molecule has 0 aliphatic heterocycles. The Kier molecular flexibility index (Phi) is 10.2. The Morgan fingerprint density at radius 2 is 1.85 bits per heavy atom. The molecule has 0 radical (unpaired) electrons. The van der Waals surface area contributed by atoms with Gasteiger partial charge in [-0.05, 0) is 57.2 Å². The standard InChI is InChI=1S/C20H33N3O3.HI/c1-20(2,25-5)14-23-19(21-3)22-13-15-10-11-17(18(12-15)24-4)26-16-8-6-7-9-16;/h10-12,16H,6-9,13-14H2,1-5H3,(H2,21,22,23);1H. The normalized spacial score (nSPS) is 15.2. The number of rotatable bonds is 8. The topological polar surface area (TPSA) is 64.1 Å². The van der Waals surface area contributed by atoms with E-state index in [9.17, 15) is 0 Å². The first kappa shape index (κ1) is 23.8. The summed E-state index contributed by atoms with van der Waals surface area (Å²) in [5.41, 5.74) is 0.856.